The number of rotatable bonds is 3. The van der Waals surface area contributed by atoms with Gasteiger partial charge in [0.25, 0.3) is 0 Å². The average Bonchev–Trinajstić information content (AvgIpc) is 3.29. The summed E-state index contributed by atoms with van der Waals surface area (Å²) in [7, 11) is 0. The van der Waals surface area contributed by atoms with E-state index >= 15 is 0 Å². The second kappa shape index (κ2) is 6.67. The Labute approximate surface area is 152 Å². The normalized spacial score (nSPS) is 16.8. The van der Waals surface area contributed by atoms with E-state index in [2.05, 4.69) is 22.4 Å². The van der Waals surface area contributed by atoms with Gasteiger partial charge >= 0.3 is 0 Å². The van der Waals surface area contributed by atoms with Crippen molar-refractivity contribution in [2.45, 2.75) is 25.8 Å². The molecule has 0 saturated carbocycles. The second-order valence-corrected chi connectivity index (χ2v) is 6.71. The van der Waals surface area contributed by atoms with Gasteiger partial charge in [0, 0.05) is 41.3 Å². The number of hydrogen-bond donors (Lipinski definition) is 2. The van der Waals surface area contributed by atoms with Crippen molar-refractivity contribution in [2.75, 3.05) is 11.9 Å². The Morgan fingerprint density at radius 2 is 1.96 bits per heavy atom. The Kier molecular flexibility index (Phi) is 4.21. The summed E-state index contributed by atoms with van der Waals surface area (Å²) < 4.78 is 0. The van der Waals surface area contributed by atoms with Crippen LogP contribution in [0.3, 0.4) is 0 Å². The van der Waals surface area contributed by atoms with Crippen molar-refractivity contribution in [1.82, 2.24) is 9.88 Å². The zero-order chi connectivity index (χ0) is 18.1. The zero-order valence-corrected chi connectivity index (χ0v) is 14.7. The van der Waals surface area contributed by atoms with Crippen LogP contribution in [0.15, 0.2) is 54.6 Å². The number of benzene rings is 2. The molecule has 1 aliphatic heterocycles. The SMILES string of the molecule is CC(=O)N1CCC[C@@H]1C(=O)Nc1cccc(-c2cc3ccccc3[nH]2)c1. The van der Waals surface area contributed by atoms with Gasteiger partial charge in [-0.2, -0.15) is 0 Å². The number of H-pyrrole nitrogens is 1. The molecule has 3 aromatic rings. The lowest BCUT2D eigenvalue weighted by Gasteiger charge is -2.22. The monoisotopic (exact) mass is 347 g/mol. The minimum atomic E-state index is -0.371. The molecule has 5 nitrogen and oxygen atoms in total. The highest BCUT2D eigenvalue weighted by Crippen LogP contribution is 2.26. The van der Waals surface area contributed by atoms with E-state index < -0.39 is 0 Å². The molecule has 5 heteroatoms. The lowest BCUT2D eigenvalue weighted by molar-refractivity contribution is -0.134. The van der Waals surface area contributed by atoms with Crippen molar-refractivity contribution in [2.24, 2.45) is 0 Å². The first kappa shape index (κ1) is 16.4. The molecule has 1 fully saturated rings. The van der Waals surface area contributed by atoms with Gasteiger partial charge in [0.2, 0.25) is 11.8 Å². The first-order valence-corrected chi connectivity index (χ1v) is 8.88. The topological polar surface area (TPSA) is 65.2 Å². The molecule has 1 saturated heterocycles. The number of likely N-dealkylation sites (tertiary alicyclic amines) is 1. The minimum absolute atomic E-state index is 0.0468. The van der Waals surface area contributed by atoms with Crippen molar-refractivity contribution < 1.29 is 9.59 Å². The number of aromatic amines is 1. The quantitative estimate of drug-likeness (QED) is 0.757. The summed E-state index contributed by atoms with van der Waals surface area (Å²) in [4.78, 5) is 29.3. The van der Waals surface area contributed by atoms with E-state index in [0.29, 0.717) is 13.0 Å². The molecule has 2 heterocycles. The number of anilines is 1. The van der Waals surface area contributed by atoms with Crippen LogP contribution in [-0.2, 0) is 9.59 Å². The van der Waals surface area contributed by atoms with Crippen molar-refractivity contribution in [3.63, 3.8) is 0 Å². The van der Waals surface area contributed by atoms with Crippen LogP contribution >= 0.6 is 0 Å². The predicted octanol–water partition coefficient (Wildman–Crippen LogP) is 3.78. The molecule has 2 N–H and O–H groups in total. The maximum absolute atomic E-state index is 12.6. The summed E-state index contributed by atoms with van der Waals surface area (Å²) in [6.45, 7) is 2.17. The maximum atomic E-state index is 12.6. The average molecular weight is 347 g/mol. The molecular weight excluding hydrogens is 326 g/mol. The van der Waals surface area contributed by atoms with E-state index in [1.54, 1.807) is 4.90 Å². The first-order chi connectivity index (χ1) is 12.6. The molecule has 4 rings (SSSR count). The summed E-state index contributed by atoms with van der Waals surface area (Å²) in [5.41, 5.74) is 3.84. The van der Waals surface area contributed by atoms with E-state index in [4.69, 9.17) is 0 Å². The van der Waals surface area contributed by atoms with Gasteiger partial charge in [-0.05, 0) is 37.1 Å². The van der Waals surface area contributed by atoms with Crippen LogP contribution in [0.5, 0.6) is 0 Å². The highest BCUT2D eigenvalue weighted by molar-refractivity contribution is 5.98. The Hall–Kier alpha value is -3.08. The van der Waals surface area contributed by atoms with Crippen LogP contribution in [0.2, 0.25) is 0 Å². The highest BCUT2D eigenvalue weighted by atomic mass is 16.2. The van der Waals surface area contributed by atoms with Crippen molar-refractivity contribution in [3.8, 4) is 11.3 Å². The molecule has 1 aliphatic rings. The number of amides is 2. The smallest absolute Gasteiger partial charge is 0.247 e. The van der Waals surface area contributed by atoms with Gasteiger partial charge in [0.05, 0.1) is 0 Å². The molecule has 0 bridgehead atoms. The molecule has 26 heavy (non-hydrogen) atoms. The van der Waals surface area contributed by atoms with E-state index in [1.165, 1.54) is 6.92 Å². The number of carbonyl (C=O) groups excluding carboxylic acids is 2. The predicted molar refractivity (Wildman–Crippen MR) is 103 cm³/mol. The van der Waals surface area contributed by atoms with Crippen LogP contribution in [-0.4, -0.2) is 34.3 Å². The summed E-state index contributed by atoms with van der Waals surface area (Å²) in [6.07, 6.45) is 1.58. The summed E-state index contributed by atoms with van der Waals surface area (Å²) in [6, 6.07) is 17.6. The molecule has 2 amide bonds. The number of aromatic nitrogens is 1. The summed E-state index contributed by atoms with van der Waals surface area (Å²) in [5, 5.41) is 4.12. The summed E-state index contributed by atoms with van der Waals surface area (Å²) in [5.74, 6) is -0.166. The number of nitrogens with zero attached hydrogens (tertiary/aromatic N) is 1. The van der Waals surface area contributed by atoms with Gasteiger partial charge < -0.3 is 15.2 Å². The van der Waals surface area contributed by atoms with E-state index in [-0.39, 0.29) is 17.9 Å². The third-order valence-electron chi connectivity index (χ3n) is 4.93. The Bertz CT molecular complexity index is 943. The maximum Gasteiger partial charge on any atom is 0.247 e. The van der Waals surface area contributed by atoms with Gasteiger partial charge in [0.1, 0.15) is 6.04 Å². The lowest BCUT2D eigenvalue weighted by atomic mass is 10.1. The third-order valence-corrected chi connectivity index (χ3v) is 4.93. The standard InChI is InChI=1S/C21H21N3O2/c1-14(25)24-11-5-10-20(24)21(26)22-17-8-4-7-15(12-17)19-13-16-6-2-3-9-18(16)23-19/h2-4,6-9,12-13,20,23H,5,10-11H2,1H3,(H,22,26)/t20-/m1/s1. The molecule has 1 aromatic heterocycles. The minimum Gasteiger partial charge on any atom is -0.355 e. The molecular formula is C21H21N3O2. The van der Waals surface area contributed by atoms with Crippen LogP contribution in [0, 0.1) is 0 Å². The fraction of sp³-hybridized carbons (Fsp3) is 0.238. The number of carbonyl (C=O) groups is 2. The van der Waals surface area contributed by atoms with Crippen molar-refractivity contribution in [3.05, 3.63) is 54.6 Å². The molecule has 2 aromatic carbocycles. The number of para-hydroxylation sites is 1. The molecule has 132 valence electrons. The van der Waals surface area contributed by atoms with Crippen molar-refractivity contribution in [1.29, 1.82) is 0 Å². The molecule has 0 radical (unpaired) electrons. The molecule has 0 aliphatic carbocycles. The van der Waals surface area contributed by atoms with Crippen LogP contribution in [0.4, 0.5) is 5.69 Å². The highest BCUT2D eigenvalue weighted by Gasteiger charge is 2.32. The number of fused-ring (bicyclic) bond motifs is 1. The van der Waals surface area contributed by atoms with Gasteiger partial charge in [-0.1, -0.05) is 30.3 Å². The zero-order valence-electron chi connectivity index (χ0n) is 14.7. The van der Waals surface area contributed by atoms with Gasteiger partial charge in [0.15, 0.2) is 0 Å². The second-order valence-electron chi connectivity index (χ2n) is 6.71. The fourth-order valence-electron chi connectivity index (χ4n) is 3.64. The Morgan fingerprint density at radius 1 is 1.12 bits per heavy atom. The molecule has 0 spiro atoms. The van der Waals surface area contributed by atoms with Crippen LogP contribution in [0.25, 0.3) is 22.2 Å². The van der Waals surface area contributed by atoms with E-state index in [1.807, 2.05) is 42.5 Å². The number of nitrogens with one attached hydrogen (secondary N) is 2. The summed E-state index contributed by atoms with van der Waals surface area (Å²) >= 11 is 0. The fourth-order valence-corrected chi connectivity index (χ4v) is 3.64. The van der Waals surface area contributed by atoms with Crippen LogP contribution in [0.1, 0.15) is 19.8 Å². The first-order valence-electron chi connectivity index (χ1n) is 8.88. The Morgan fingerprint density at radius 3 is 2.77 bits per heavy atom. The Balaban J connectivity index is 1.56. The lowest BCUT2D eigenvalue weighted by Crippen LogP contribution is -2.42. The van der Waals surface area contributed by atoms with Gasteiger partial charge in [-0.15, -0.1) is 0 Å². The van der Waals surface area contributed by atoms with Gasteiger partial charge in [-0.3, -0.25) is 9.59 Å². The molecule has 0 unspecified atom stereocenters. The third kappa shape index (κ3) is 3.08. The largest absolute Gasteiger partial charge is 0.355 e. The van der Waals surface area contributed by atoms with E-state index in [9.17, 15) is 9.59 Å². The molecule has 1 atom stereocenters. The van der Waals surface area contributed by atoms with Gasteiger partial charge in [-0.25, -0.2) is 0 Å². The number of hydrogen-bond acceptors (Lipinski definition) is 2. The van der Waals surface area contributed by atoms with Crippen molar-refractivity contribution >= 4 is 28.4 Å². The van der Waals surface area contributed by atoms with E-state index in [0.717, 1.165) is 34.3 Å². The van der Waals surface area contributed by atoms with Crippen LogP contribution < -0.4 is 5.32 Å².